The van der Waals surface area contributed by atoms with Crippen LogP contribution in [0.5, 0.6) is 0 Å². The number of aromatic nitrogens is 2. The van der Waals surface area contributed by atoms with Gasteiger partial charge in [-0.25, -0.2) is 0 Å². The van der Waals surface area contributed by atoms with Crippen LogP contribution in [0.3, 0.4) is 0 Å². The summed E-state index contributed by atoms with van der Waals surface area (Å²) in [4.78, 5) is 0. The first-order chi connectivity index (χ1) is 30.2. The van der Waals surface area contributed by atoms with Gasteiger partial charge in [-0.2, -0.15) is 0 Å². The molecule has 0 aliphatic carbocycles. The van der Waals surface area contributed by atoms with Crippen molar-refractivity contribution in [2.24, 2.45) is 0 Å². The van der Waals surface area contributed by atoms with Gasteiger partial charge in [0.15, 0.2) is 0 Å². The highest BCUT2D eigenvalue weighted by atomic mass is 15.0. The van der Waals surface area contributed by atoms with E-state index < -0.39 is 101 Å². The van der Waals surface area contributed by atoms with Crippen molar-refractivity contribution in [3.63, 3.8) is 0 Å². The molecular formula is C48H32N2. The highest BCUT2D eigenvalue weighted by Crippen LogP contribution is 2.41. The summed E-state index contributed by atoms with van der Waals surface area (Å²) in [5.41, 5.74) is 3.54. The van der Waals surface area contributed by atoms with Gasteiger partial charge in [0.05, 0.1) is 39.9 Å². The number of para-hydroxylation sites is 2. The van der Waals surface area contributed by atoms with Crippen molar-refractivity contribution in [2.45, 2.75) is 0 Å². The monoisotopic (exact) mass is 649 g/mol. The second-order valence-corrected chi connectivity index (χ2v) is 11.9. The van der Waals surface area contributed by atoms with Gasteiger partial charge in [0.2, 0.25) is 0 Å². The molecule has 2 heteroatoms. The summed E-state index contributed by atoms with van der Waals surface area (Å²) in [6.07, 6.45) is 0. The average Bonchev–Trinajstić information content (AvgIpc) is 3.81. The van der Waals surface area contributed by atoms with Crippen LogP contribution < -0.4 is 0 Å². The molecule has 0 saturated carbocycles. The molecule has 0 aliphatic rings. The topological polar surface area (TPSA) is 9.86 Å². The molecule has 0 fully saturated rings. The first kappa shape index (κ1) is 18.2. The van der Waals surface area contributed by atoms with Crippen LogP contribution in [-0.2, 0) is 0 Å². The Labute approximate surface area is 309 Å². The smallest absolute Gasteiger partial charge is 0.0651 e. The van der Waals surface area contributed by atoms with Crippen LogP contribution in [0, 0.1) is 0 Å². The molecule has 0 amide bonds. The van der Waals surface area contributed by atoms with Crippen LogP contribution in [0.15, 0.2) is 194 Å². The van der Waals surface area contributed by atoms with Crippen molar-refractivity contribution in [2.75, 3.05) is 0 Å². The normalized spacial score (nSPS) is 15.2. The maximum absolute atomic E-state index is 9.83. The number of hydrogen-bond donors (Lipinski definition) is 0. The summed E-state index contributed by atoms with van der Waals surface area (Å²) in [5.74, 6) is 0. The minimum absolute atomic E-state index is 0.134. The second kappa shape index (κ2) is 11.5. The largest absolute Gasteiger partial charge is 0.309 e. The van der Waals surface area contributed by atoms with Crippen molar-refractivity contribution >= 4 is 43.6 Å². The summed E-state index contributed by atoms with van der Waals surface area (Å²) in [7, 11) is 0. The lowest BCUT2D eigenvalue weighted by atomic mass is 9.99. The van der Waals surface area contributed by atoms with Gasteiger partial charge in [0.1, 0.15) is 0 Å². The highest BCUT2D eigenvalue weighted by Gasteiger charge is 2.19. The molecule has 2 aromatic heterocycles. The van der Waals surface area contributed by atoms with Gasteiger partial charge in [0.25, 0.3) is 0 Å². The van der Waals surface area contributed by atoms with Crippen molar-refractivity contribution < 1.29 is 17.8 Å². The van der Waals surface area contributed by atoms with Crippen LogP contribution in [0.1, 0.15) is 17.8 Å². The summed E-state index contributed by atoms with van der Waals surface area (Å²) in [6.45, 7) is 0. The van der Waals surface area contributed by atoms with Crippen molar-refractivity contribution in [3.05, 3.63) is 194 Å². The molecule has 0 aliphatic heterocycles. The summed E-state index contributed by atoms with van der Waals surface area (Å²) < 4.78 is 119. The number of rotatable bonds is 5. The Bertz CT molecular complexity index is 3530. The van der Waals surface area contributed by atoms with Crippen LogP contribution in [0.4, 0.5) is 0 Å². The SMILES string of the molecule is [2H]c1c([2H])c([2H])c(-c2c([2H])c([2H])c([2H])c(-c3c([2H])c([2H])c([2H])c(-n4c5ccc(-n6c7ccccc7c7ccccc76)cc5c5c(-c6ccccc6)cccc54)c3[2H])c2[2H])c([2H])c1[2H]. The Morgan fingerprint density at radius 2 is 0.940 bits per heavy atom. The van der Waals surface area contributed by atoms with Crippen LogP contribution >= 0.6 is 0 Å². The third kappa shape index (κ3) is 4.50. The van der Waals surface area contributed by atoms with E-state index in [4.69, 9.17) is 13.7 Å². The maximum atomic E-state index is 9.83. The first-order valence-corrected chi connectivity index (χ1v) is 16.1. The van der Waals surface area contributed by atoms with Gasteiger partial charge in [-0.3, -0.25) is 0 Å². The lowest BCUT2D eigenvalue weighted by Crippen LogP contribution is -1.96. The zero-order valence-corrected chi connectivity index (χ0v) is 26.4. The fourth-order valence-electron chi connectivity index (χ4n) is 7.04. The molecule has 0 bridgehead atoms. The molecule has 0 radical (unpaired) electrons. The molecule has 8 aromatic carbocycles. The summed E-state index contributed by atoms with van der Waals surface area (Å²) in [6, 6.07) is 28.8. The predicted octanol–water partition coefficient (Wildman–Crippen LogP) is 12.9. The van der Waals surface area contributed by atoms with Crippen LogP contribution in [0.2, 0.25) is 0 Å². The third-order valence-electron chi connectivity index (χ3n) is 9.16. The van der Waals surface area contributed by atoms with Crippen LogP contribution in [0.25, 0.3) is 88.4 Å². The Balaban J connectivity index is 1.32. The predicted molar refractivity (Wildman–Crippen MR) is 211 cm³/mol. The van der Waals surface area contributed by atoms with Crippen molar-refractivity contribution in [1.82, 2.24) is 9.13 Å². The molecule has 50 heavy (non-hydrogen) atoms. The van der Waals surface area contributed by atoms with E-state index in [0.29, 0.717) is 11.0 Å². The highest BCUT2D eigenvalue weighted by molar-refractivity contribution is 6.17. The van der Waals surface area contributed by atoms with E-state index >= 15 is 0 Å². The fraction of sp³-hybridized carbons (Fsp3) is 0. The molecule has 10 aromatic rings. The van der Waals surface area contributed by atoms with E-state index in [9.17, 15) is 4.11 Å². The molecule has 10 rings (SSSR count). The zero-order valence-electron chi connectivity index (χ0n) is 39.4. The van der Waals surface area contributed by atoms with Crippen molar-refractivity contribution in [3.8, 4) is 44.8 Å². The molecule has 0 saturated heterocycles. The minimum Gasteiger partial charge on any atom is -0.309 e. The lowest BCUT2D eigenvalue weighted by molar-refractivity contribution is 1.17. The first-order valence-electron chi connectivity index (χ1n) is 22.6. The Morgan fingerprint density at radius 1 is 0.360 bits per heavy atom. The quantitative estimate of drug-likeness (QED) is 0.176. The van der Waals surface area contributed by atoms with Crippen LogP contribution in [-0.4, -0.2) is 9.13 Å². The number of benzene rings is 8. The van der Waals surface area contributed by atoms with E-state index in [2.05, 4.69) is 34.9 Å². The van der Waals surface area contributed by atoms with Crippen molar-refractivity contribution in [1.29, 1.82) is 0 Å². The van der Waals surface area contributed by atoms with Gasteiger partial charge >= 0.3 is 0 Å². The van der Waals surface area contributed by atoms with E-state index in [1.165, 1.54) is 0 Å². The van der Waals surface area contributed by atoms with Gasteiger partial charge in [0, 0.05) is 32.9 Å². The molecule has 0 atom stereocenters. The lowest BCUT2D eigenvalue weighted by Gasteiger charge is -2.12. The molecule has 0 unspecified atom stereocenters. The molecule has 0 spiro atoms. The summed E-state index contributed by atoms with van der Waals surface area (Å²) >= 11 is 0. The molecule has 234 valence electrons. The Hall–Kier alpha value is -6.64. The number of hydrogen-bond acceptors (Lipinski definition) is 0. The Kier molecular flexibility index (Phi) is 4.19. The molecule has 0 N–H and O–H groups in total. The maximum Gasteiger partial charge on any atom is 0.0651 e. The van der Waals surface area contributed by atoms with E-state index in [0.717, 1.165) is 49.4 Å². The minimum atomic E-state index is -0.772. The van der Waals surface area contributed by atoms with Gasteiger partial charge in [-0.05, 0) is 87.9 Å². The molecular weight excluding hydrogens is 605 g/mol. The third-order valence-corrected chi connectivity index (χ3v) is 9.16. The fourth-order valence-corrected chi connectivity index (χ4v) is 7.04. The standard InChI is InChI=1S/C48H32N2/c1-3-14-33(15-4-1)35-18-11-19-36(30-35)37-20-12-21-38(31-37)50-46-29-28-39(49-44-25-9-7-22-41(44)42-23-8-10-26-45(42)49)32-43(46)48-40(24-13-27-47(48)50)34-16-5-2-6-17-34/h1-32H/i1D,3D,4D,11D,12D,14D,15D,18D,19D,20D,21D,30D,31D. The van der Waals surface area contributed by atoms with E-state index in [1.54, 1.807) is 4.57 Å². The van der Waals surface area contributed by atoms with Gasteiger partial charge in [-0.15, -0.1) is 0 Å². The van der Waals surface area contributed by atoms with E-state index in [1.807, 2.05) is 84.9 Å². The van der Waals surface area contributed by atoms with Gasteiger partial charge < -0.3 is 9.13 Å². The number of fused-ring (bicyclic) bond motifs is 6. The molecule has 2 nitrogen and oxygen atoms in total. The Morgan fingerprint density at radius 3 is 1.70 bits per heavy atom. The molecule has 2 heterocycles. The van der Waals surface area contributed by atoms with Gasteiger partial charge in [-0.1, -0.05) is 139 Å². The van der Waals surface area contributed by atoms with E-state index in [-0.39, 0.29) is 5.69 Å². The second-order valence-electron chi connectivity index (χ2n) is 11.9. The average molecular weight is 650 g/mol. The number of nitrogens with zero attached hydrogens (tertiary/aromatic N) is 2. The zero-order chi connectivity index (χ0) is 44.3. The summed E-state index contributed by atoms with van der Waals surface area (Å²) in [5, 5.41) is 3.69.